The van der Waals surface area contributed by atoms with E-state index in [1.54, 1.807) is 18.2 Å². The topological polar surface area (TPSA) is 105 Å². The monoisotopic (exact) mass is 545 g/mol. The number of aliphatic hydroxyl groups excluding tert-OH is 1. The molecule has 0 aromatic heterocycles. The zero-order chi connectivity index (χ0) is 28.9. The van der Waals surface area contributed by atoms with E-state index in [2.05, 4.69) is 5.32 Å². The molecule has 0 aliphatic rings. The summed E-state index contributed by atoms with van der Waals surface area (Å²) in [6.07, 6.45) is 1.19. The van der Waals surface area contributed by atoms with Crippen LogP contribution in [0.3, 0.4) is 0 Å². The molecule has 214 valence electrons. The van der Waals surface area contributed by atoms with Crippen molar-refractivity contribution in [2.75, 3.05) is 26.2 Å². The van der Waals surface area contributed by atoms with Gasteiger partial charge in [-0.2, -0.15) is 0 Å². The van der Waals surface area contributed by atoms with Crippen LogP contribution in [0.5, 0.6) is 5.75 Å². The van der Waals surface area contributed by atoms with Crippen LogP contribution in [0.2, 0.25) is 0 Å². The summed E-state index contributed by atoms with van der Waals surface area (Å²) in [5, 5.41) is 15.0. The molecule has 3 aromatic rings. The van der Waals surface area contributed by atoms with Crippen molar-refractivity contribution < 1.29 is 19.4 Å². The molecular weight excluding hydrogens is 502 g/mol. The number of nitrogens with two attached hydrogens (primary N) is 1. The standard InChI is InChI=1S/C33H43N3O4/c1-4-18-36(19-5-2)33(39)28-17-11-16-27(32(34)38)31(28)29(21-24-12-8-7-9-13-24)30(37)23-35-22-25-14-10-15-26(20-25)40-6-3/h7-17,20,29-30,35,37H,4-6,18-19,21-23H2,1-3H3,(H2,34,38)/t29-,30+/m1/s1. The Morgan fingerprint density at radius 3 is 2.20 bits per heavy atom. The maximum Gasteiger partial charge on any atom is 0.254 e. The molecule has 2 amide bonds. The minimum atomic E-state index is -0.895. The predicted molar refractivity (Wildman–Crippen MR) is 160 cm³/mol. The molecular formula is C33H43N3O4. The van der Waals surface area contributed by atoms with Gasteiger partial charge in [0.05, 0.1) is 12.7 Å². The van der Waals surface area contributed by atoms with Gasteiger partial charge in [0.25, 0.3) is 5.91 Å². The lowest BCUT2D eigenvalue weighted by molar-refractivity contribution is 0.0751. The Balaban J connectivity index is 1.97. The molecule has 0 radical (unpaired) electrons. The highest BCUT2D eigenvalue weighted by molar-refractivity contribution is 6.02. The summed E-state index contributed by atoms with van der Waals surface area (Å²) in [6, 6.07) is 22.7. The number of rotatable bonds is 16. The van der Waals surface area contributed by atoms with Gasteiger partial charge < -0.3 is 25.8 Å². The number of amides is 2. The molecule has 4 N–H and O–H groups in total. The van der Waals surface area contributed by atoms with E-state index in [4.69, 9.17) is 10.5 Å². The SMILES string of the molecule is CCCN(CCC)C(=O)c1cccc(C(N)=O)c1[C@H](Cc1ccccc1)[C@@H](O)CNCc1cccc(OCC)c1. The molecule has 0 fully saturated rings. The first-order valence-electron chi connectivity index (χ1n) is 14.3. The van der Waals surface area contributed by atoms with Crippen LogP contribution >= 0.6 is 0 Å². The van der Waals surface area contributed by atoms with Crippen LogP contribution in [-0.4, -0.2) is 54.2 Å². The number of hydrogen-bond acceptors (Lipinski definition) is 5. The Labute approximate surface area is 238 Å². The quantitative estimate of drug-likeness (QED) is 0.237. The number of nitrogens with one attached hydrogen (secondary N) is 1. The number of nitrogens with zero attached hydrogens (tertiary/aromatic N) is 1. The summed E-state index contributed by atoms with van der Waals surface area (Å²) in [4.78, 5) is 28.3. The van der Waals surface area contributed by atoms with Crippen molar-refractivity contribution in [3.05, 3.63) is 101 Å². The average molecular weight is 546 g/mol. The van der Waals surface area contributed by atoms with Crippen LogP contribution in [0.15, 0.2) is 72.8 Å². The van der Waals surface area contributed by atoms with E-state index in [9.17, 15) is 14.7 Å². The Kier molecular flexibility index (Phi) is 12.2. The van der Waals surface area contributed by atoms with Gasteiger partial charge in [0.1, 0.15) is 5.75 Å². The van der Waals surface area contributed by atoms with Crippen LogP contribution in [0, 0.1) is 0 Å². The second-order valence-corrected chi connectivity index (χ2v) is 10.00. The van der Waals surface area contributed by atoms with Crippen molar-refractivity contribution >= 4 is 11.8 Å². The minimum absolute atomic E-state index is 0.146. The fourth-order valence-electron chi connectivity index (χ4n) is 5.11. The second-order valence-electron chi connectivity index (χ2n) is 10.00. The van der Waals surface area contributed by atoms with E-state index in [1.165, 1.54) is 0 Å². The molecule has 0 heterocycles. The third-order valence-corrected chi connectivity index (χ3v) is 6.90. The molecule has 7 heteroatoms. The largest absolute Gasteiger partial charge is 0.494 e. The predicted octanol–water partition coefficient (Wildman–Crippen LogP) is 4.92. The van der Waals surface area contributed by atoms with Crippen LogP contribution in [-0.2, 0) is 13.0 Å². The van der Waals surface area contributed by atoms with E-state index < -0.39 is 17.9 Å². The Morgan fingerprint density at radius 2 is 1.55 bits per heavy atom. The summed E-state index contributed by atoms with van der Waals surface area (Å²) < 4.78 is 5.60. The molecule has 3 rings (SSSR count). The van der Waals surface area contributed by atoms with Crippen LogP contribution in [0.4, 0.5) is 0 Å². The second kappa shape index (κ2) is 15.8. The molecule has 3 aromatic carbocycles. The smallest absolute Gasteiger partial charge is 0.254 e. The molecule has 0 saturated heterocycles. The van der Waals surface area contributed by atoms with Gasteiger partial charge in [0.15, 0.2) is 0 Å². The lowest BCUT2D eigenvalue weighted by Gasteiger charge is -2.29. The highest BCUT2D eigenvalue weighted by Gasteiger charge is 2.31. The normalized spacial score (nSPS) is 12.5. The molecule has 0 saturated carbocycles. The van der Waals surface area contributed by atoms with Crippen molar-refractivity contribution in [1.82, 2.24) is 10.2 Å². The first kappa shape index (κ1) is 30.9. The molecule has 0 unspecified atom stereocenters. The Morgan fingerprint density at radius 1 is 0.900 bits per heavy atom. The van der Waals surface area contributed by atoms with Crippen molar-refractivity contribution in [3.8, 4) is 5.75 Å². The Bertz CT molecular complexity index is 1230. The van der Waals surface area contributed by atoms with Gasteiger partial charge in [-0.15, -0.1) is 0 Å². The van der Waals surface area contributed by atoms with Gasteiger partial charge in [-0.05, 0) is 67.1 Å². The number of primary amides is 1. The van der Waals surface area contributed by atoms with Gasteiger partial charge in [0.2, 0.25) is 5.91 Å². The lowest BCUT2D eigenvalue weighted by Crippen LogP contribution is -2.37. The van der Waals surface area contributed by atoms with Gasteiger partial charge in [-0.1, -0.05) is 62.4 Å². The van der Waals surface area contributed by atoms with Crippen LogP contribution in [0.25, 0.3) is 0 Å². The summed E-state index contributed by atoms with van der Waals surface area (Å²) >= 11 is 0. The van der Waals surface area contributed by atoms with Crippen molar-refractivity contribution in [3.63, 3.8) is 0 Å². The maximum absolute atomic E-state index is 13.8. The highest BCUT2D eigenvalue weighted by Crippen LogP contribution is 2.32. The third-order valence-electron chi connectivity index (χ3n) is 6.90. The van der Waals surface area contributed by atoms with E-state index in [0.29, 0.717) is 43.8 Å². The van der Waals surface area contributed by atoms with Crippen molar-refractivity contribution in [2.45, 2.75) is 58.6 Å². The van der Waals surface area contributed by atoms with Crippen LogP contribution < -0.4 is 15.8 Å². The zero-order valence-corrected chi connectivity index (χ0v) is 23.9. The maximum atomic E-state index is 13.8. The summed E-state index contributed by atoms with van der Waals surface area (Å²) in [5.74, 6) is -0.509. The number of ether oxygens (including phenoxy) is 1. The summed E-state index contributed by atoms with van der Waals surface area (Å²) in [7, 11) is 0. The van der Waals surface area contributed by atoms with Gasteiger partial charge in [-0.25, -0.2) is 0 Å². The van der Waals surface area contributed by atoms with E-state index in [1.807, 2.05) is 80.3 Å². The fraction of sp³-hybridized carbons (Fsp3) is 0.394. The van der Waals surface area contributed by atoms with Gasteiger partial charge in [-0.3, -0.25) is 9.59 Å². The number of benzene rings is 3. The number of carbonyl (C=O) groups is 2. The molecule has 0 aliphatic heterocycles. The Hall–Kier alpha value is -3.68. The first-order chi connectivity index (χ1) is 19.4. The minimum Gasteiger partial charge on any atom is -0.494 e. The summed E-state index contributed by atoms with van der Waals surface area (Å²) in [5.41, 5.74) is 9.07. The molecule has 0 spiro atoms. The van der Waals surface area contributed by atoms with E-state index in [0.717, 1.165) is 29.7 Å². The third kappa shape index (κ3) is 8.41. The van der Waals surface area contributed by atoms with Crippen molar-refractivity contribution in [1.29, 1.82) is 0 Å². The highest BCUT2D eigenvalue weighted by atomic mass is 16.5. The average Bonchev–Trinajstić information content (AvgIpc) is 2.96. The number of hydrogen-bond donors (Lipinski definition) is 3. The molecule has 0 bridgehead atoms. The summed E-state index contributed by atoms with van der Waals surface area (Å²) in [6.45, 7) is 8.61. The molecule has 7 nitrogen and oxygen atoms in total. The molecule has 0 aliphatic carbocycles. The lowest BCUT2D eigenvalue weighted by atomic mass is 9.81. The zero-order valence-electron chi connectivity index (χ0n) is 23.9. The van der Waals surface area contributed by atoms with E-state index >= 15 is 0 Å². The number of carbonyl (C=O) groups excluding carboxylic acids is 2. The number of aliphatic hydroxyl groups is 1. The van der Waals surface area contributed by atoms with E-state index in [-0.39, 0.29) is 18.0 Å². The molecule has 40 heavy (non-hydrogen) atoms. The molecule has 2 atom stereocenters. The van der Waals surface area contributed by atoms with Crippen molar-refractivity contribution in [2.24, 2.45) is 5.73 Å². The first-order valence-corrected chi connectivity index (χ1v) is 14.3. The van der Waals surface area contributed by atoms with Gasteiger partial charge in [0, 0.05) is 43.2 Å². The van der Waals surface area contributed by atoms with Gasteiger partial charge >= 0.3 is 0 Å². The van der Waals surface area contributed by atoms with Crippen LogP contribution in [0.1, 0.15) is 76.9 Å². The fourth-order valence-corrected chi connectivity index (χ4v) is 5.11.